The first-order chi connectivity index (χ1) is 12.9. The van der Waals surface area contributed by atoms with Gasteiger partial charge in [-0.25, -0.2) is 4.79 Å². The Balaban J connectivity index is 1.81. The van der Waals surface area contributed by atoms with Gasteiger partial charge in [0.05, 0.1) is 30.2 Å². The van der Waals surface area contributed by atoms with Crippen molar-refractivity contribution in [3.05, 3.63) is 41.5 Å². The summed E-state index contributed by atoms with van der Waals surface area (Å²) in [6, 6.07) is 4.05. The predicted molar refractivity (Wildman–Crippen MR) is 97.8 cm³/mol. The number of hydrogen-bond acceptors (Lipinski definition) is 5. The van der Waals surface area contributed by atoms with Crippen LogP contribution in [-0.2, 0) is 19.1 Å². The molecular formula is C20H22N2O5. The molecule has 3 unspecified atom stereocenters. The fourth-order valence-corrected chi connectivity index (χ4v) is 3.71. The van der Waals surface area contributed by atoms with Gasteiger partial charge in [0.1, 0.15) is 6.04 Å². The average molecular weight is 370 g/mol. The predicted octanol–water partition coefficient (Wildman–Crippen LogP) is 2.06. The van der Waals surface area contributed by atoms with E-state index < -0.39 is 17.9 Å². The van der Waals surface area contributed by atoms with E-state index in [4.69, 9.17) is 4.74 Å². The summed E-state index contributed by atoms with van der Waals surface area (Å²) in [7, 11) is 1.26. The van der Waals surface area contributed by atoms with Crippen LogP contribution in [0.5, 0.6) is 0 Å². The Morgan fingerprint density at radius 2 is 1.74 bits per heavy atom. The fraction of sp³-hybridized carbons (Fsp3) is 0.400. The number of nitrogens with zero attached hydrogens (tertiary/aromatic N) is 1. The van der Waals surface area contributed by atoms with Crippen molar-refractivity contribution in [1.29, 1.82) is 0 Å². The number of hydrogen-bond donors (Lipinski definition) is 1. The number of imide groups is 1. The molecule has 3 amide bonds. The van der Waals surface area contributed by atoms with Crippen molar-refractivity contribution in [3.63, 3.8) is 0 Å². The van der Waals surface area contributed by atoms with Crippen LogP contribution in [0.1, 0.15) is 35.7 Å². The van der Waals surface area contributed by atoms with Crippen molar-refractivity contribution in [3.8, 4) is 0 Å². The normalized spacial score (nSPS) is 22.4. The monoisotopic (exact) mass is 370 g/mol. The van der Waals surface area contributed by atoms with Gasteiger partial charge in [-0.05, 0) is 38.3 Å². The molecule has 3 atom stereocenters. The second-order valence-electron chi connectivity index (χ2n) is 6.86. The van der Waals surface area contributed by atoms with Crippen LogP contribution in [0.4, 0.5) is 5.69 Å². The maximum atomic E-state index is 12.7. The lowest BCUT2D eigenvalue weighted by atomic mass is 9.85. The molecule has 2 aliphatic rings. The van der Waals surface area contributed by atoms with Crippen LogP contribution in [0.3, 0.4) is 0 Å². The van der Waals surface area contributed by atoms with Crippen molar-refractivity contribution in [2.24, 2.45) is 11.8 Å². The SMILES string of the molecule is COC(=O)c1c(C)cccc1NC(=O)C(C)N1C(=O)C2CC=CCC2C1=O. The van der Waals surface area contributed by atoms with E-state index in [0.29, 0.717) is 18.4 Å². The van der Waals surface area contributed by atoms with Gasteiger partial charge in [0.15, 0.2) is 0 Å². The Labute approximate surface area is 157 Å². The van der Waals surface area contributed by atoms with E-state index >= 15 is 0 Å². The molecule has 0 spiro atoms. The Morgan fingerprint density at radius 1 is 1.15 bits per heavy atom. The number of ether oxygens (including phenoxy) is 1. The van der Waals surface area contributed by atoms with E-state index in [9.17, 15) is 19.2 Å². The fourth-order valence-electron chi connectivity index (χ4n) is 3.71. The standard InChI is InChI=1S/C20H22N2O5/c1-11-7-6-10-15(16(11)20(26)27-3)21-17(23)12(2)22-18(24)13-8-4-5-9-14(13)19(22)25/h4-7,10,12-14H,8-9H2,1-3H3,(H,21,23). The molecule has 1 aliphatic carbocycles. The highest BCUT2D eigenvalue weighted by atomic mass is 16.5. The largest absolute Gasteiger partial charge is 0.465 e. The number of benzene rings is 1. The third-order valence-electron chi connectivity index (χ3n) is 5.23. The second kappa shape index (κ2) is 7.34. The quantitative estimate of drug-likeness (QED) is 0.497. The number of nitrogens with one attached hydrogen (secondary N) is 1. The minimum Gasteiger partial charge on any atom is -0.465 e. The molecular weight excluding hydrogens is 348 g/mol. The molecule has 0 bridgehead atoms. The number of fused-ring (bicyclic) bond motifs is 1. The summed E-state index contributed by atoms with van der Waals surface area (Å²) in [5, 5.41) is 2.66. The van der Waals surface area contributed by atoms with E-state index in [1.807, 2.05) is 12.2 Å². The van der Waals surface area contributed by atoms with Crippen LogP contribution in [0.25, 0.3) is 0 Å². The topological polar surface area (TPSA) is 92.8 Å². The van der Waals surface area contributed by atoms with Crippen LogP contribution in [0.2, 0.25) is 0 Å². The molecule has 1 aliphatic heterocycles. The summed E-state index contributed by atoms with van der Waals surface area (Å²) in [6.07, 6.45) is 4.83. The molecule has 1 fully saturated rings. The van der Waals surface area contributed by atoms with Gasteiger partial charge in [-0.2, -0.15) is 0 Å². The van der Waals surface area contributed by atoms with E-state index in [1.54, 1.807) is 25.1 Å². The van der Waals surface area contributed by atoms with Crippen molar-refractivity contribution in [2.45, 2.75) is 32.7 Å². The van der Waals surface area contributed by atoms with Crippen molar-refractivity contribution in [1.82, 2.24) is 4.90 Å². The molecule has 1 N–H and O–H groups in total. The van der Waals surface area contributed by atoms with Gasteiger partial charge in [-0.3, -0.25) is 19.3 Å². The molecule has 1 aromatic carbocycles. The highest BCUT2D eigenvalue weighted by molar-refractivity contribution is 6.11. The smallest absolute Gasteiger partial charge is 0.340 e. The zero-order valence-corrected chi connectivity index (χ0v) is 15.5. The first kappa shape index (κ1) is 18.8. The van der Waals surface area contributed by atoms with Crippen LogP contribution < -0.4 is 5.32 Å². The van der Waals surface area contributed by atoms with Crippen molar-refractivity contribution < 1.29 is 23.9 Å². The Hall–Kier alpha value is -2.96. The summed E-state index contributed by atoms with van der Waals surface area (Å²) in [4.78, 5) is 51.1. The minimum absolute atomic E-state index is 0.248. The van der Waals surface area contributed by atoms with Crippen LogP contribution >= 0.6 is 0 Å². The first-order valence-electron chi connectivity index (χ1n) is 8.87. The van der Waals surface area contributed by atoms with Gasteiger partial charge in [0.25, 0.3) is 0 Å². The van der Waals surface area contributed by atoms with E-state index in [0.717, 1.165) is 4.90 Å². The Bertz CT molecular complexity index is 819. The minimum atomic E-state index is -0.971. The van der Waals surface area contributed by atoms with Gasteiger partial charge >= 0.3 is 5.97 Å². The van der Waals surface area contributed by atoms with E-state index in [2.05, 4.69) is 5.32 Å². The van der Waals surface area contributed by atoms with E-state index in [1.165, 1.54) is 14.0 Å². The van der Waals surface area contributed by atoms with Gasteiger partial charge in [0, 0.05) is 0 Å². The summed E-state index contributed by atoms with van der Waals surface area (Å²) >= 11 is 0. The highest BCUT2D eigenvalue weighted by Crippen LogP contribution is 2.36. The molecule has 0 saturated carbocycles. The second-order valence-corrected chi connectivity index (χ2v) is 6.86. The van der Waals surface area contributed by atoms with Crippen LogP contribution in [-0.4, -0.2) is 41.7 Å². The maximum absolute atomic E-state index is 12.7. The summed E-state index contributed by atoms with van der Waals surface area (Å²) in [6.45, 7) is 3.25. The molecule has 27 heavy (non-hydrogen) atoms. The number of esters is 1. The summed E-state index contributed by atoms with van der Waals surface area (Å²) < 4.78 is 4.78. The van der Waals surface area contributed by atoms with Crippen molar-refractivity contribution >= 4 is 29.4 Å². The number of aryl methyl sites for hydroxylation is 1. The number of methoxy groups -OCH3 is 1. The highest BCUT2D eigenvalue weighted by Gasteiger charge is 2.50. The first-order valence-corrected chi connectivity index (χ1v) is 8.87. The average Bonchev–Trinajstić information content (AvgIpc) is 2.91. The number of carbonyl (C=O) groups is 4. The third kappa shape index (κ3) is 3.25. The zero-order valence-electron chi connectivity index (χ0n) is 15.5. The number of rotatable bonds is 4. The molecule has 3 rings (SSSR count). The molecule has 1 heterocycles. The van der Waals surface area contributed by atoms with Gasteiger partial charge in [-0.15, -0.1) is 0 Å². The zero-order chi connectivity index (χ0) is 19.7. The molecule has 1 aromatic rings. The molecule has 1 saturated heterocycles. The number of amides is 3. The molecule has 0 aromatic heterocycles. The lowest BCUT2D eigenvalue weighted by Gasteiger charge is -2.23. The number of carbonyl (C=O) groups excluding carboxylic acids is 4. The van der Waals surface area contributed by atoms with Crippen LogP contribution in [0.15, 0.2) is 30.4 Å². The summed E-state index contributed by atoms with van der Waals surface area (Å²) in [5.74, 6) is -2.49. The molecule has 0 radical (unpaired) electrons. The maximum Gasteiger partial charge on any atom is 0.340 e. The lowest BCUT2D eigenvalue weighted by Crippen LogP contribution is -2.46. The third-order valence-corrected chi connectivity index (χ3v) is 5.23. The Kier molecular flexibility index (Phi) is 5.12. The van der Waals surface area contributed by atoms with E-state index in [-0.39, 0.29) is 34.9 Å². The molecule has 142 valence electrons. The van der Waals surface area contributed by atoms with Gasteiger partial charge in [-0.1, -0.05) is 24.3 Å². The molecule has 7 nitrogen and oxygen atoms in total. The lowest BCUT2D eigenvalue weighted by molar-refractivity contribution is -0.146. The number of allylic oxidation sites excluding steroid dienone is 2. The number of anilines is 1. The summed E-state index contributed by atoms with van der Waals surface area (Å²) in [5.41, 5.74) is 1.19. The number of likely N-dealkylation sites (tertiary alicyclic amines) is 1. The van der Waals surface area contributed by atoms with Crippen LogP contribution in [0, 0.1) is 18.8 Å². The van der Waals surface area contributed by atoms with Gasteiger partial charge < -0.3 is 10.1 Å². The van der Waals surface area contributed by atoms with Gasteiger partial charge in [0.2, 0.25) is 17.7 Å². The Morgan fingerprint density at radius 3 is 2.30 bits per heavy atom. The molecule has 7 heteroatoms. The van der Waals surface area contributed by atoms with Crippen molar-refractivity contribution in [2.75, 3.05) is 12.4 Å².